The molecule has 1 N–H and O–H groups in total. The highest BCUT2D eigenvalue weighted by atomic mass is 19.3. The Morgan fingerprint density at radius 1 is 1.18 bits per heavy atom. The lowest BCUT2D eigenvalue weighted by Gasteiger charge is -2.42. The van der Waals surface area contributed by atoms with Crippen LogP contribution in [0.15, 0.2) is 4.79 Å². The lowest BCUT2D eigenvalue weighted by atomic mass is 9.76. The monoisotopic (exact) mass is 393 g/mol. The summed E-state index contributed by atoms with van der Waals surface area (Å²) in [5.74, 6) is -1.32. The number of hydrogen-bond acceptors (Lipinski definition) is 3. The zero-order valence-electron chi connectivity index (χ0n) is 17.4. The molecule has 0 radical (unpaired) electrons. The van der Waals surface area contributed by atoms with Gasteiger partial charge in [-0.3, -0.25) is 4.79 Å². The van der Waals surface area contributed by atoms with Gasteiger partial charge in [-0.2, -0.15) is 0 Å². The van der Waals surface area contributed by atoms with Gasteiger partial charge in [0.2, 0.25) is 5.92 Å². The fourth-order valence-corrected chi connectivity index (χ4v) is 5.43. The number of likely N-dealkylation sites (tertiary alicyclic amines) is 1. The van der Waals surface area contributed by atoms with Crippen LogP contribution in [0.25, 0.3) is 0 Å². The molecular formula is C22H33F2N3O. The first-order valence-electron chi connectivity index (χ1n) is 10.8. The molecule has 1 aliphatic heterocycles. The normalized spacial score (nSPS) is 28.6. The van der Waals surface area contributed by atoms with Crippen LogP contribution in [0.1, 0.15) is 82.8 Å². The third kappa shape index (κ3) is 3.77. The first-order chi connectivity index (χ1) is 13.1. The standard InChI is InChI=1S/C22H33F2N3O/c1-20(2,3)19-25-17-16(18(28)26-19)7-9-21(17)8-4-12-27(14-21)13-15-5-10-22(23,24)11-6-15/h15H,4-14H2,1-3H3,(H,25,26,28). The number of H-pyrrole nitrogens is 1. The summed E-state index contributed by atoms with van der Waals surface area (Å²) in [6.07, 6.45) is 5.24. The summed E-state index contributed by atoms with van der Waals surface area (Å²) in [7, 11) is 0. The molecule has 1 atom stereocenters. The Morgan fingerprint density at radius 2 is 1.89 bits per heavy atom. The molecule has 156 valence electrons. The SMILES string of the molecule is CC(C)(C)c1nc2c(c(=O)[nH]1)CCC21CCCN(CC2CCC(F)(F)CC2)C1. The Hall–Kier alpha value is -1.30. The topological polar surface area (TPSA) is 49.0 Å². The Balaban J connectivity index is 1.54. The molecule has 1 spiro atoms. The van der Waals surface area contributed by atoms with Crippen molar-refractivity contribution in [3.8, 4) is 0 Å². The van der Waals surface area contributed by atoms with Gasteiger partial charge in [0.1, 0.15) is 5.82 Å². The van der Waals surface area contributed by atoms with Crippen molar-refractivity contribution in [2.75, 3.05) is 19.6 Å². The van der Waals surface area contributed by atoms with Gasteiger partial charge in [-0.05, 0) is 51.0 Å². The quantitative estimate of drug-likeness (QED) is 0.820. The van der Waals surface area contributed by atoms with E-state index in [0.29, 0.717) is 18.8 Å². The average molecular weight is 394 g/mol. The second kappa shape index (κ2) is 6.89. The van der Waals surface area contributed by atoms with Gasteiger partial charge in [0.25, 0.3) is 5.56 Å². The molecule has 1 saturated heterocycles. The van der Waals surface area contributed by atoms with Crippen LogP contribution in [0.2, 0.25) is 0 Å². The number of nitrogens with one attached hydrogen (secondary N) is 1. The van der Waals surface area contributed by atoms with E-state index in [4.69, 9.17) is 4.98 Å². The van der Waals surface area contributed by atoms with Crippen LogP contribution in [0.4, 0.5) is 8.78 Å². The predicted molar refractivity (Wildman–Crippen MR) is 106 cm³/mol. The summed E-state index contributed by atoms with van der Waals surface area (Å²) in [5.41, 5.74) is 1.67. The Kier molecular flexibility index (Phi) is 4.92. The molecule has 1 unspecified atom stereocenters. The summed E-state index contributed by atoms with van der Waals surface area (Å²) in [4.78, 5) is 23.1. The molecule has 1 saturated carbocycles. The summed E-state index contributed by atoms with van der Waals surface area (Å²) in [6, 6.07) is 0. The van der Waals surface area contributed by atoms with Crippen LogP contribution in [-0.2, 0) is 17.3 Å². The van der Waals surface area contributed by atoms with Crippen molar-refractivity contribution >= 4 is 0 Å². The van der Waals surface area contributed by atoms with Crippen LogP contribution < -0.4 is 5.56 Å². The fourth-order valence-electron chi connectivity index (χ4n) is 5.43. The molecule has 1 aromatic heterocycles. The lowest BCUT2D eigenvalue weighted by molar-refractivity contribution is -0.0503. The minimum atomic E-state index is -2.46. The molecule has 0 aromatic carbocycles. The molecule has 1 aromatic rings. The van der Waals surface area contributed by atoms with Crippen molar-refractivity contribution in [2.45, 2.75) is 88.9 Å². The maximum atomic E-state index is 13.5. The maximum Gasteiger partial charge on any atom is 0.254 e. The molecule has 4 nitrogen and oxygen atoms in total. The van der Waals surface area contributed by atoms with E-state index in [-0.39, 0.29) is 29.2 Å². The van der Waals surface area contributed by atoms with E-state index in [9.17, 15) is 13.6 Å². The second-order valence-corrected chi connectivity index (χ2v) is 10.4. The third-order valence-electron chi connectivity index (χ3n) is 7.09. The maximum absolute atomic E-state index is 13.5. The molecular weight excluding hydrogens is 360 g/mol. The van der Waals surface area contributed by atoms with E-state index in [0.717, 1.165) is 62.4 Å². The Labute approximate surface area is 166 Å². The average Bonchev–Trinajstić information content (AvgIpc) is 2.95. The van der Waals surface area contributed by atoms with Crippen molar-refractivity contribution in [3.63, 3.8) is 0 Å². The van der Waals surface area contributed by atoms with Crippen LogP contribution in [-0.4, -0.2) is 40.4 Å². The van der Waals surface area contributed by atoms with Crippen LogP contribution in [0.5, 0.6) is 0 Å². The first kappa shape index (κ1) is 20.0. The summed E-state index contributed by atoms with van der Waals surface area (Å²) >= 11 is 0. The minimum Gasteiger partial charge on any atom is -0.310 e. The molecule has 28 heavy (non-hydrogen) atoms. The van der Waals surface area contributed by atoms with Crippen molar-refractivity contribution in [1.29, 1.82) is 0 Å². The summed E-state index contributed by atoms with van der Waals surface area (Å²) in [5, 5.41) is 0. The number of aromatic amines is 1. The van der Waals surface area contributed by atoms with E-state index in [1.54, 1.807) is 0 Å². The van der Waals surface area contributed by atoms with Gasteiger partial charge >= 0.3 is 0 Å². The van der Waals surface area contributed by atoms with Crippen LogP contribution in [0.3, 0.4) is 0 Å². The lowest BCUT2D eigenvalue weighted by Crippen LogP contribution is -2.47. The number of fused-ring (bicyclic) bond motifs is 2. The van der Waals surface area contributed by atoms with Crippen molar-refractivity contribution in [3.05, 3.63) is 27.4 Å². The summed E-state index contributed by atoms with van der Waals surface area (Å²) in [6.45, 7) is 9.07. The number of hydrogen-bond donors (Lipinski definition) is 1. The van der Waals surface area contributed by atoms with E-state index >= 15 is 0 Å². The van der Waals surface area contributed by atoms with Gasteiger partial charge in [0, 0.05) is 42.3 Å². The van der Waals surface area contributed by atoms with Crippen molar-refractivity contribution in [2.24, 2.45) is 5.92 Å². The highest BCUT2D eigenvalue weighted by molar-refractivity contribution is 5.34. The largest absolute Gasteiger partial charge is 0.310 e. The molecule has 0 bridgehead atoms. The highest BCUT2D eigenvalue weighted by Gasteiger charge is 2.45. The highest BCUT2D eigenvalue weighted by Crippen LogP contribution is 2.44. The third-order valence-corrected chi connectivity index (χ3v) is 7.09. The van der Waals surface area contributed by atoms with Gasteiger partial charge in [0.15, 0.2) is 0 Å². The van der Waals surface area contributed by atoms with Gasteiger partial charge in [-0.25, -0.2) is 13.8 Å². The smallest absolute Gasteiger partial charge is 0.254 e. The van der Waals surface area contributed by atoms with Crippen LogP contribution >= 0.6 is 0 Å². The van der Waals surface area contributed by atoms with E-state index < -0.39 is 5.92 Å². The minimum absolute atomic E-state index is 0.0263. The van der Waals surface area contributed by atoms with Gasteiger partial charge in [-0.1, -0.05) is 20.8 Å². The molecule has 2 fully saturated rings. The van der Waals surface area contributed by atoms with Crippen LogP contribution in [0, 0.1) is 5.92 Å². The predicted octanol–water partition coefficient (Wildman–Crippen LogP) is 4.17. The number of nitrogens with zero attached hydrogens (tertiary/aromatic N) is 2. The molecule has 2 heterocycles. The molecule has 4 rings (SSSR count). The van der Waals surface area contributed by atoms with Crippen molar-refractivity contribution < 1.29 is 8.78 Å². The molecule has 6 heteroatoms. The molecule has 2 aliphatic carbocycles. The fraction of sp³-hybridized carbons (Fsp3) is 0.818. The number of piperidine rings is 1. The molecule has 3 aliphatic rings. The first-order valence-corrected chi connectivity index (χ1v) is 10.8. The van der Waals surface area contributed by atoms with E-state index in [2.05, 4.69) is 30.7 Å². The van der Waals surface area contributed by atoms with Gasteiger partial charge < -0.3 is 9.88 Å². The number of rotatable bonds is 2. The van der Waals surface area contributed by atoms with E-state index in [1.807, 2.05) is 0 Å². The summed E-state index contributed by atoms with van der Waals surface area (Å²) < 4.78 is 27.0. The number of aromatic nitrogens is 2. The Bertz CT molecular complexity index is 788. The van der Waals surface area contributed by atoms with E-state index in [1.165, 1.54) is 0 Å². The molecule has 0 amide bonds. The number of halogens is 2. The van der Waals surface area contributed by atoms with Gasteiger partial charge in [0.05, 0.1) is 5.69 Å². The van der Waals surface area contributed by atoms with Gasteiger partial charge in [-0.15, -0.1) is 0 Å². The second-order valence-electron chi connectivity index (χ2n) is 10.4. The zero-order valence-corrected chi connectivity index (χ0v) is 17.4. The Morgan fingerprint density at radius 3 is 2.57 bits per heavy atom. The van der Waals surface area contributed by atoms with Crippen molar-refractivity contribution in [1.82, 2.24) is 14.9 Å². The zero-order chi connectivity index (χ0) is 20.2. The number of alkyl halides is 2.